The maximum absolute atomic E-state index is 12.9. The number of nitrogens with one attached hydrogen (secondary N) is 1. The molecule has 0 bridgehead atoms. The molecule has 19 heavy (non-hydrogen) atoms. The maximum Gasteiger partial charge on any atom is 0.353 e. The molecule has 1 atom stereocenters. The molecule has 1 aromatic rings. The van der Waals surface area contributed by atoms with E-state index in [1.807, 2.05) is 32.0 Å². The van der Waals surface area contributed by atoms with Gasteiger partial charge in [-0.05, 0) is 39.8 Å². The summed E-state index contributed by atoms with van der Waals surface area (Å²) in [5.41, 5.74) is 0.668. The van der Waals surface area contributed by atoms with Crippen LogP contribution in [0.2, 0.25) is 0 Å². The summed E-state index contributed by atoms with van der Waals surface area (Å²) in [5.74, 6) is -0.548. The minimum absolute atomic E-state index is 0.140. The molecule has 0 aliphatic rings. The fourth-order valence-corrected chi connectivity index (χ4v) is 3.79. The number of rotatable bonds is 8. The Hall–Kier alpha value is -0.740. The molecule has 0 radical (unpaired) electrons. The van der Waals surface area contributed by atoms with E-state index in [0.29, 0.717) is 18.9 Å². The fraction of sp³-hybridized carbons (Fsp3) is 0.615. The zero-order valence-corrected chi connectivity index (χ0v) is 12.9. The van der Waals surface area contributed by atoms with Gasteiger partial charge in [-0.15, -0.1) is 0 Å². The molecule has 0 spiro atoms. The van der Waals surface area contributed by atoms with Gasteiger partial charge in [0, 0.05) is 12.2 Å². The Balaban J connectivity index is 3.10. The van der Waals surface area contributed by atoms with Crippen LogP contribution in [-0.2, 0) is 13.6 Å². The van der Waals surface area contributed by atoms with E-state index < -0.39 is 13.4 Å². The summed E-state index contributed by atoms with van der Waals surface area (Å²) in [4.78, 5) is 4.27. The summed E-state index contributed by atoms with van der Waals surface area (Å²) in [6.45, 7) is 8.24. The van der Waals surface area contributed by atoms with Crippen LogP contribution in [-0.4, -0.2) is 24.2 Å². The molecule has 0 saturated heterocycles. The zero-order valence-electron chi connectivity index (χ0n) is 12.0. The lowest BCUT2D eigenvalue weighted by molar-refractivity contribution is 0.205. The maximum atomic E-state index is 12.9. The van der Waals surface area contributed by atoms with Crippen molar-refractivity contribution in [2.45, 2.75) is 39.5 Å². The van der Waals surface area contributed by atoms with E-state index in [-0.39, 0.29) is 6.04 Å². The van der Waals surface area contributed by atoms with Crippen LogP contribution in [0.3, 0.4) is 0 Å². The molecule has 1 N–H and O–H groups in total. The Kier molecular flexibility index (Phi) is 6.66. The first-order valence-corrected chi connectivity index (χ1v) is 8.20. The van der Waals surface area contributed by atoms with Gasteiger partial charge in [-0.2, -0.15) is 0 Å². The highest BCUT2D eigenvalue weighted by molar-refractivity contribution is 7.54. The van der Waals surface area contributed by atoms with Crippen molar-refractivity contribution in [1.82, 2.24) is 10.3 Å². The lowest BCUT2D eigenvalue weighted by atomic mass is 10.3. The van der Waals surface area contributed by atoms with Crippen molar-refractivity contribution in [2.24, 2.45) is 0 Å². The van der Waals surface area contributed by atoms with Crippen LogP contribution in [0.4, 0.5) is 0 Å². The van der Waals surface area contributed by atoms with E-state index in [2.05, 4.69) is 10.3 Å². The van der Waals surface area contributed by atoms with Crippen LogP contribution >= 0.6 is 7.60 Å². The van der Waals surface area contributed by atoms with Crippen molar-refractivity contribution in [1.29, 1.82) is 0 Å². The Morgan fingerprint density at radius 3 is 2.32 bits per heavy atom. The number of pyridine rings is 1. The average Bonchev–Trinajstić information content (AvgIpc) is 2.37. The lowest BCUT2D eigenvalue weighted by Crippen LogP contribution is -2.30. The first-order chi connectivity index (χ1) is 9.03. The second-order valence-corrected chi connectivity index (χ2v) is 6.47. The monoisotopic (exact) mass is 286 g/mol. The van der Waals surface area contributed by atoms with E-state index in [9.17, 15) is 4.57 Å². The normalized spacial score (nSPS) is 13.7. The summed E-state index contributed by atoms with van der Waals surface area (Å²) >= 11 is 0. The van der Waals surface area contributed by atoms with Crippen LogP contribution in [0.5, 0.6) is 0 Å². The summed E-state index contributed by atoms with van der Waals surface area (Å²) in [7, 11) is -3.28. The topological polar surface area (TPSA) is 60.5 Å². The minimum atomic E-state index is -3.28. The summed E-state index contributed by atoms with van der Waals surface area (Å²) in [6, 6.07) is 5.65. The Bertz CT molecular complexity index is 402. The van der Waals surface area contributed by atoms with Crippen molar-refractivity contribution in [3.63, 3.8) is 0 Å². The molecule has 5 nitrogen and oxygen atoms in total. The van der Waals surface area contributed by atoms with Crippen molar-refractivity contribution in [2.75, 3.05) is 13.2 Å². The van der Waals surface area contributed by atoms with E-state index in [1.54, 1.807) is 20.0 Å². The lowest BCUT2D eigenvalue weighted by Gasteiger charge is -2.28. The SMILES string of the molecule is CCOP(=O)(OCC)C(NC(C)C)c1ccccn1. The van der Waals surface area contributed by atoms with Gasteiger partial charge in [-0.25, -0.2) is 0 Å². The van der Waals surface area contributed by atoms with Gasteiger partial charge in [-0.1, -0.05) is 6.07 Å². The van der Waals surface area contributed by atoms with Crippen LogP contribution in [0.25, 0.3) is 0 Å². The van der Waals surface area contributed by atoms with Gasteiger partial charge >= 0.3 is 7.60 Å². The van der Waals surface area contributed by atoms with Gasteiger partial charge in [0.15, 0.2) is 5.78 Å². The van der Waals surface area contributed by atoms with E-state index in [4.69, 9.17) is 9.05 Å². The molecule has 0 aliphatic carbocycles. The quantitative estimate of drug-likeness (QED) is 0.743. The molecular formula is C13H23N2O3P. The highest BCUT2D eigenvalue weighted by Crippen LogP contribution is 2.59. The molecule has 1 unspecified atom stereocenters. The van der Waals surface area contributed by atoms with Gasteiger partial charge in [0.1, 0.15) is 0 Å². The molecule has 1 aromatic heterocycles. The van der Waals surface area contributed by atoms with Crippen LogP contribution in [0, 0.1) is 0 Å². The third kappa shape index (κ3) is 4.69. The first-order valence-electron chi connectivity index (χ1n) is 6.59. The predicted octanol–water partition coefficient (Wildman–Crippen LogP) is 3.34. The van der Waals surface area contributed by atoms with E-state index >= 15 is 0 Å². The highest BCUT2D eigenvalue weighted by atomic mass is 31.2. The number of nitrogens with zero attached hydrogens (tertiary/aromatic N) is 1. The largest absolute Gasteiger partial charge is 0.353 e. The molecular weight excluding hydrogens is 263 g/mol. The molecule has 0 fully saturated rings. The number of hydrogen-bond acceptors (Lipinski definition) is 5. The van der Waals surface area contributed by atoms with Gasteiger partial charge in [-0.3, -0.25) is 14.9 Å². The molecule has 6 heteroatoms. The molecule has 0 saturated carbocycles. The molecule has 0 aliphatic heterocycles. The smallest absolute Gasteiger partial charge is 0.308 e. The van der Waals surface area contributed by atoms with Crippen LogP contribution in [0.15, 0.2) is 24.4 Å². The summed E-state index contributed by atoms with van der Waals surface area (Å²) in [6.07, 6.45) is 1.67. The molecule has 0 amide bonds. The van der Waals surface area contributed by atoms with Crippen molar-refractivity contribution in [3.05, 3.63) is 30.1 Å². The summed E-state index contributed by atoms with van der Waals surface area (Å²) < 4.78 is 23.7. The second-order valence-electron chi connectivity index (χ2n) is 4.35. The average molecular weight is 286 g/mol. The van der Waals surface area contributed by atoms with Crippen LogP contribution in [0.1, 0.15) is 39.2 Å². The van der Waals surface area contributed by atoms with Gasteiger partial charge < -0.3 is 9.05 Å². The van der Waals surface area contributed by atoms with Crippen molar-refractivity contribution >= 4 is 7.60 Å². The summed E-state index contributed by atoms with van der Waals surface area (Å²) in [5, 5.41) is 3.23. The van der Waals surface area contributed by atoms with Crippen LogP contribution < -0.4 is 5.32 Å². The highest BCUT2D eigenvalue weighted by Gasteiger charge is 2.38. The van der Waals surface area contributed by atoms with Gasteiger partial charge in [0.05, 0.1) is 18.9 Å². The molecule has 0 aromatic carbocycles. The molecule has 108 valence electrons. The zero-order chi connectivity index (χ0) is 14.3. The van der Waals surface area contributed by atoms with E-state index in [0.717, 1.165) is 0 Å². The Morgan fingerprint density at radius 2 is 1.89 bits per heavy atom. The third-order valence-electron chi connectivity index (χ3n) is 2.39. The second kappa shape index (κ2) is 7.75. The molecule has 1 rings (SSSR count). The Labute approximate surface area is 115 Å². The fourth-order valence-electron chi connectivity index (χ4n) is 1.74. The molecule has 1 heterocycles. The number of aromatic nitrogens is 1. The van der Waals surface area contributed by atoms with E-state index in [1.165, 1.54) is 0 Å². The standard InChI is InChI=1S/C13H23N2O3P/c1-5-17-19(16,18-6-2)13(15-11(3)4)12-9-7-8-10-14-12/h7-11,13,15H,5-6H2,1-4H3. The predicted molar refractivity (Wildman–Crippen MR) is 76.1 cm³/mol. The van der Waals surface area contributed by atoms with Crippen molar-refractivity contribution in [3.8, 4) is 0 Å². The first kappa shape index (κ1) is 16.3. The van der Waals surface area contributed by atoms with Gasteiger partial charge in [0.2, 0.25) is 0 Å². The minimum Gasteiger partial charge on any atom is -0.308 e. The van der Waals surface area contributed by atoms with Crippen molar-refractivity contribution < 1.29 is 13.6 Å². The third-order valence-corrected chi connectivity index (χ3v) is 4.68. The van der Waals surface area contributed by atoms with Gasteiger partial charge in [0.25, 0.3) is 0 Å². The Morgan fingerprint density at radius 1 is 1.26 bits per heavy atom. The number of hydrogen-bond donors (Lipinski definition) is 1.